The van der Waals surface area contributed by atoms with Gasteiger partial charge in [-0.1, -0.05) is 102 Å². The Hall–Kier alpha value is -4.52. The molecule has 230 valence electrons. The number of carbonyl (C=O) groups excluding carboxylic acids is 1. The third-order valence-corrected chi connectivity index (χ3v) is 7.62. The molecule has 44 heavy (non-hydrogen) atoms. The fourth-order valence-electron chi connectivity index (χ4n) is 4.85. The first kappa shape index (κ1) is 32.4. The lowest BCUT2D eigenvalue weighted by atomic mass is 9.86. The Labute approximate surface area is 260 Å². The first-order chi connectivity index (χ1) is 21.1. The van der Waals surface area contributed by atoms with E-state index in [9.17, 15) is 14.7 Å². The van der Waals surface area contributed by atoms with E-state index in [0.717, 1.165) is 46.6 Å². The summed E-state index contributed by atoms with van der Waals surface area (Å²) in [5.41, 5.74) is 5.01. The molecule has 3 aromatic carbocycles. The molecule has 4 rings (SSSR count). The van der Waals surface area contributed by atoms with Gasteiger partial charge in [-0.25, -0.2) is 14.8 Å². The fourth-order valence-corrected chi connectivity index (χ4v) is 4.85. The van der Waals surface area contributed by atoms with Crippen LogP contribution in [0.2, 0.25) is 0 Å². The molecular formula is C37H43N3O4. The first-order valence-electron chi connectivity index (χ1n) is 15.4. The number of aliphatic carboxylic acids is 1. The third kappa shape index (κ3) is 9.24. The smallest absolute Gasteiger partial charge is 0.326 e. The van der Waals surface area contributed by atoms with Crippen molar-refractivity contribution in [1.82, 2.24) is 15.3 Å². The molecule has 1 atom stereocenters. The number of hydrogen-bond donors (Lipinski definition) is 2. The number of ether oxygens (including phenoxy) is 1. The predicted octanol–water partition coefficient (Wildman–Crippen LogP) is 7.88. The zero-order valence-corrected chi connectivity index (χ0v) is 26.2. The van der Waals surface area contributed by atoms with E-state index >= 15 is 0 Å². The summed E-state index contributed by atoms with van der Waals surface area (Å²) in [7, 11) is 0. The Balaban J connectivity index is 1.32. The van der Waals surface area contributed by atoms with Crippen LogP contribution in [0.25, 0.3) is 22.5 Å². The van der Waals surface area contributed by atoms with Crippen molar-refractivity contribution in [3.05, 3.63) is 102 Å². The second kappa shape index (κ2) is 15.3. The summed E-state index contributed by atoms with van der Waals surface area (Å²) in [5.74, 6) is -0.0657. The van der Waals surface area contributed by atoms with Crippen molar-refractivity contribution in [1.29, 1.82) is 0 Å². The van der Waals surface area contributed by atoms with Gasteiger partial charge in [0.2, 0.25) is 0 Å². The molecule has 0 aliphatic carbocycles. The van der Waals surface area contributed by atoms with Crippen LogP contribution in [0.1, 0.15) is 81.3 Å². The molecule has 7 nitrogen and oxygen atoms in total. The Morgan fingerprint density at radius 3 is 2.00 bits per heavy atom. The lowest BCUT2D eigenvalue weighted by Crippen LogP contribution is -2.42. The summed E-state index contributed by atoms with van der Waals surface area (Å²) in [5, 5.41) is 12.4. The molecule has 0 saturated carbocycles. The monoisotopic (exact) mass is 593 g/mol. The highest BCUT2D eigenvalue weighted by Gasteiger charge is 2.22. The van der Waals surface area contributed by atoms with E-state index in [2.05, 4.69) is 43.0 Å². The highest BCUT2D eigenvalue weighted by Crippen LogP contribution is 2.24. The number of amides is 1. The van der Waals surface area contributed by atoms with E-state index in [1.54, 1.807) is 24.5 Å². The van der Waals surface area contributed by atoms with E-state index in [4.69, 9.17) is 4.74 Å². The summed E-state index contributed by atoms with van der Waals surface area (Å²) in [4.78, 5) is 33.8. The van der Waals surface area contributed by atoms with E-state index in [1.807, 2.05) is 60.7 Å². The van der Waals surface area contributed by atoms with E-state index in [1.165, 1.54) is 25.7 Å². The van der Waals surface area contributed by atoms with Gasteiger partial charge in [0.1, 0.15) is 11.8 Å². The number of carboxylic acid groups (broad SMARTS) is 1. The number of nitrogens with zero attached hydrogens (tertiary/aromatic N) is 2. The number of benzene rings is 3. The van der Waals surface area contributed by atoms with Crippen molar-refractivity contribution in [3.8, 4) is 28.3 Å². The number of carbonyl (C=O) groups is 2. The second-order valence-corrected chi connectivity index (χ2v) is 12.2. The first-order valence-corrected chi connectivity index (χ1v) is 15.4. The average Bonchev–Trinajstić information content (AvgIpc) is 3.03. The average molecular weight is 594 g/mol. The Morgan fingerprint density at radius 1 is 0.795 bits per heavy atom. The molecule has 1 amide bonds. The SMILES string of the molecule is CCCCCCCOc1ccc(-c2cnc(-c3ccc(C[C@@H](NC(=O)c4ccc(C(C)(C)C)cc4)C(=O)O)cc3)nc2)cc1. The lowest BCUT2D eigenvalue weighted by molar-refractivity contribution is -0.139. The van der Waals surface area contributed by atoms with Crippen LogP contribution in [-0.2, 0) is 16.6 Å². The van der Waals surface area contributed by atoms with Gasteiger partial charge in [0.25, 0.3) is 5.91 Å². The summed E-state index contributed by atoms with van der Waals surface area (Å²) < 4.78 is 5.87. The molecule has 0 spiro atoms. The third-order valence-electron chi connectivity index (χ3n) is 7.62. The van der Waals surface area contributed by atoms with Gasteiger partial charge in [-0.2, -0.15) is 0 Å². The minimum Gasteiger partial charge on any atom is -0.494 e. The van der Waals surface area contributed by atoms with Gasteiger partial charge in [-0.05, 0) is 52.8 Å². The Kier molecular flexibility index (Phi) is 11.2. The van der Waals surface area contributed by atoms with Crippen molar-refractivity contribution < 1.29 is 19.4 Å². The van der Waals surface area contributed by atoms with Crippen LogP contribution >= 0.6 is 0 Å². The molecule has 4 aromatic rings. The van der Waals surface area contributed by atoms with E-state index < -0.39 is 17.9 Å². The van der Waals surface area contributed by atoms with Crippen LogP contribution in [0.15, 0.2) is 85.2 Å². The zero-order chi connectivity index (χ0) is 31.5. The van der Waals surface area contributed by atoms with Crippen LogP contribution in [-0.4, -0.2) is 39.6 Å². The minimum absolute atomic E-state index is 0.0352. The standard InChI is InChI=1S/C37H43N3O4/c1-5-6-7-8-9-22-44-32-20-16-27(17-21-32)30-24-38-34(39-25-30)28-12-10-26(11-13-28)23-33(36(42)43)40-35(41)29-14-18-31(19-15-29)37(2,3)4/h10-21,24-25,33H,5-9,22-23H2,1-4H3,(H,40,41)(H,42,43)/t33-/m1/s1. The largest absolute Gasteiger partial charge is 0.494 e. The quantitative estimate of drug-likeness (QED) is 0.144. The minimum atomic E-state index is -1.09. The van der Waals surface area contributed by atoms with Gasteiger partial charge in [-0.15, -0.1) is 0 Å². The van der Waals surface area contributed by atoms with Crippen molar-refractivity contribution in [3.63, 3.8) is 0 Å². The number of unbranched alkanes of at least 4 members (excludes halogenated alkanes) is 4. The molecule has 0 bridgehead atoms. The molecule has 7 heteroatoms. The van der Waals surface area contributed by atoms with Crippen molar-refractivity contribution in [2.24, 2.45) is 0 Å². The molecule has 1 aromatic heterocycles. The van der Waals surface area contributed by atoms with Gasteiger partial charge in [-0.3, -0.25) is 4.79 Å². The summed E-state index contributed by atoms with van der Waals surface area (Å²) >= 11 is 0. The molecule has 0 fully saturated rings. The normalized spacial score (nSPS) is 12.0. The van der Waals surface area contributed by atoms with E-state index in [-0.39, 0.29) is 11.8 Å². The van der Waals surface area contributed by atoms with Crippen LogP contribution < -0.4 is 10.1 Å². The Bertz CT molecular complexity index is 1490. The second-order valence-electron chi connectivity index (χ2n) is 12.2. The highest BCUT2D eigenvalue weighted by molar-refractivity contribution is 5.96. The van der Waals surface area contributed by atoms with Crippen LogP contribution in [0.4, 0.5) is 0 Å². The van der Waals surface area contributed by atoms with Crippen molar-refractivity contribution in [2.45, 2.75) is 77.7 Å². The topological polar surface area (TPSA) is 101 Å². The van der Waals surface area contributed by atoms with Crippen LogP contribution in [0.3, 0.4) is 0 Å². The highest BCUT2D eigenvalue weighted by atomic mass is 16.5. The van der Waals surface area contributed by atoms with Gasteiger partial charge in [0, 0.05) is 35.5 Å². The Morgan fingerprint density at radius 2 is 1.41 bits per heavy atom. The number of carboxylic acids is 1. The van der Waals surface area contributed by atoms with E-state index in [0.29, 0.717) is 11.4 Å². The van der Waals surface area contributed by atoms with Gasteiger partial charge >= 0.3 is 5.97 Å². The molecular weight excluding hydrogens is 550 g/mol. The van der Waals surface area contributed by atoms with Crippen molar-refractivity contribution in [2.75, 3.05) is 6.61 Å². The fraction of sp³-hybridized carbons (Fsp3) is 0.351. The maximum atomic E-state index is 12.8. The molecule has 0 unspecified atom stereocenters. The molecule has 0 aliphatic heterocycles. The van der Waals surface area contributed by atoms with Crippen molar-refractivity contribution >= 4 is 11.9 Å². The zero-order valence-electron chi connectivity index (χ0n) is 26.2. The lowest BCUT2D eigenvalue weighted by Gasteiger charge is -2.19. The molecule has 0 saturated heterocycles. The number of nitrogens with one attached hydrogen (secondary N) is 1. The van der Waals surface area contributed by atoms with Gasteiger partial charge in [0.15, 0.2) is 5.82 Å². The maximum Gasteiger partial charge on any atom is 0.326 e. The van der Waals surface area contributed by atoms with Gasteiger partial charge in [0.05, 0.1) is 6.61 Å². The molecule has 0 aliphatic rings. The summed E-state index contributed by atoms with van der Waals surface area (Å²) in [6.45, 7) is 9.25. The molecule has 0 radical (unpaired) electrons. The number of hydrogen-bond acceptors (Lipinski definition) is 5. The number of aromatic nitrogens is 2. The predicted molar refractivity (Wildman–Crippen MR) is 175 cm³/mol. The maximum absolute atomic E-state index is 12.8. The summed E-state index contributed by atoms with van der Waals surface area (Å²) in [6, 6.07) is 21.6. The summed E-state index contributed by atoms with van der Waals surface area (Å²) in [6.07, 6.45) is 9.80. The molecule has 1 heterocycles. The van der Waals surface area contributed by atoms with Crippen LogP contribution in [0, 0.1) is 0 Å². The van der Waals surface area contributed by atoms with Crippen LogP contribution in [0.5, 0.6) is 5.75 Å². The number of rotatable bonds is 14. The molecule has 2 N–H and O–H groups in total. The van der Waals surface area contributed by atoms with Gasteiger partial charge < -0.3 is 15.2 Å².